The Kier molecular flexibility index (Phi) is 6.05. The smallest absolute Gasteiger partial charge is 0.178 e. The van der Waals surface area contributed by atoms with E-state index in [0.717, 1.165) is 39.3 Å². The van der Waals surface area contributed by atoms with Crippen LogP contribution >= 0.6 is 0 Å². The minimum absolute atomic E-state index is 0.143. The van der Waals surface area contributed by atoms with Gasteiger partial charge in [-0.15, -0.1) is 0 Å². The minimum atomic E-state index is -0.143. The summed E-state index contributed by atoms with van der Waals surface area (Å²) in [6.07, 6.45) is 1.80. The van der Waals surface area contributed by atoms with Crippen LogP contribution in [0.5, 0.6) is 23.0 Å². The van der Waals surface area contributed by atoms with E-state index < -0.39 is 0 Å². The summed E-state index contributed by atoms with van der Waals surface area (Å²) in [5.41, 5.74) is 9.07. The molecule has 0 N–H and O–H groups in total. The quantitative estimate of drug-likeness (QED) is 0.198. The molecular weight excluding hydrogens is 580 g/mol. The Bertz CT molecular complexity index is 2340. The zero-order valence-corrected chi connectivity index (χ0v) is 25.8. The highest BCUT2D eigenvalue weighted by Gasteiger charge is 2.39. The number of benzene rings is 5. The number of pyridine rings is 1. The SMILES string of the molecule is CC1(C)c2ccccc2-c2c1ccc1c2Oc2cc(-c3nc(-c4ccccc4)nc(-c4cccc(-c5ccccn5)c4)n3)ccc2O1. The number of nitrogens with zero attached hydrogens (tertiary/aromatic N) is 4. The van der Waals surface area contributed by atoms with Crippen LogP contribution in [-0.4, -0.2) is 19.9 Å². The maximum Gasteiger partial charge on any atom is 0.178 e. The third kappa shape index (κ3) is 4.49. The molecule has 0 spiro atoms. The van der Waals surface area contributed by atoms with E-state index in [1.54, 1.807) is 6.20 Å². The molecule has 2 aliphatic rings. The van der Waals surface area contributed by atoms with Crippen LogP contribution in [0.25, 0.3) is 56.5 Å². The second kappa shape index (κ2) is 10.5. The first-order valence-electron chi connectivity index (χ1n) is 15.6. The highest BCUT2D eigenvalue weighted by Crippen LogP contribution is 2.58. The molecule has 0 fully saturated rings. The average Bonchev–Trinajstić information content (AvgIpc) is 3.37. The summed E-state index contributed by atoms with van der Waals surface area (Å²) in [6, 6.07) is 42.6. The molecule has 9 rings (SSSR count). The monoisotopic (exact) mass is 608 g/mol. The molecule has 6 nitrogen and oxygen atoms in total. The van der Waals surface area contributed by atoms with Crippen LogP contribution in [0.1, 0.15) is 25.0 Å². The van der Waals surface area contributed by atoms with Gasteiger partial charge in [-0.05, 0) is 59.2 Å². The van der Waals surface area contributed by atoms with Gasteiger partial charge in [0.1, 0.15) is 0 Å². The van der Waals surface area contributed by atoms with Crippen LogP contribution in [0.15, 0.2) is 134 Å². The van der Waals surface area contributed by atoms with Gasteiger partial charge in [-0.1, -0.05) is 98.8 Å². The van der Waals surface area contributed by atoms with E-state index in [9.17, 15) is 0 Å². The number of hydrogen-bond donors (Lipinski definition) is 0. The molecule has 1 aliphatic heterocycles. The van der Waals surface area contributed by atoms with Gasteiger partial charge in [0.2, 0.25) is 0 Å². The van der Waals surface area contributed by atoms with E-state index in [0.29, 0.717) is 34.7 Å². The molecule has 6 heteroatoms. The predicted octanol–water partition coefficient (Wildman–Crippen LogP) is 10.1. The number of ether oxygens (including phenoxy) is 2. The van der Waals surface area contributed by atoms with Gasteiger partial charge in [-0.25, -0.2) is 15.0 Å². The lowest BCUT2D eigenvalue weighted by molar-refractivity contribution is 0.360. The number of fused-ring (bicyclic) bond motifs is 6. The lowest BCUT2D eigenvalue weighted by atomic mass is 9.82. The number of hydrogen-bond acceptors (Lipinski definition) is 6. The van der Waals surface area contributed by atoms with Crippen molar-refractivity contribution >= 4 is 0 Å². The molecule has 0 bridgehead atoms. The normalized spacial score (nSPS) is 13.4. The summed E-state index contributed by atoms with van der Waals surface area (Å²) < 4.78 is 13.2. The van der Waals surface area contributed by atoms with Crippen molar-refractivity contribution in [2.45, 2.75) is 19.3 Å². The molecule has 0 atom stereocenters. The van der Waals surface area contributed by atoms with Crippen LogP contribution in [0, 0.1) is 0 Å². The molecule has 0 unspecified atom stereocenters. The maximum atomic E-state index is 6.72. The van der Waals surface area contributed by atoms with Crippen LogP contribution in [0.3, 0.4) is 0 Å². The molecule has 7 aromatic rings. The van der Waals surface area contributed by atoms with Gasteiger partial charge in [-0.3, -0.25) is 4.98 Å². The molecule has 224 valence electrons. The van der Waals surface area contributed by atoms with Crippen LogP contribution in [0.2, 0.25) is 0 Å². The molecule has 5 aromatic carbocycles. The maximum absolute atomic E-state index is 6.72. The largest absolute Gasteiger partial charge is 0.449 e. The Balaban J connectivity index is 1.16. The van der Waals surface area contributed by atoms with Crippen molar-refractivity contribution in [2.24, 2.45) is 0 Å². The summed E-state index contributed by atoms with van der Waals surface area (Å²) in [5, 5.41) is 0. The van der Waals surface area contributed by atoms with Gasteiger partial charge in [0.25, 0.3) is 0 Å². The molecular formula is C41H28N4O2. The van der Waals surface area contributed by atoms with Crippen molar-refractivity contribution in [1.29, 1.82) is 0 Å². The van der Waals surface area contributed by atoms with Gasteiger partial charge < -0.3 is 9.47 Å². The third-order valence-corrected chi connectivity index (χ3v) is 9.05. The zero-order valence-electron chi connectivity index (χ0n) is 25.8. The number of rotatable bonds is 4. The first-order valence-corrected chi connectivity index (χ1v) is 15.6. The van der Waals surface area contributed by atoms with Gasteiger partial charge in [0.05, 0.1) is 5.69 Å². The Morgan fingerprint density at radius 1 is 0.489 bits per heavy atom. The van der Waals surface area contributed by atoms with E-state index in [1.807, 2.05) is 91.0 Å². The van der Waals surface area contributed by atoms with Crippen LogP contribution in [0.4, 0.5) is 0 Å². The van der Waals surface area contributed by atoms with Crippen molar-refractivity contribution in [2.75, 3.05) is 0 Å². The third-order valence-electron chi connectivity index (χ3n) is 9.05. The fourth-order valence-electron chi connectivity index (χ4n) is 6.67. The van der Waals surface area contributed by atoms with Gasteiger partial charge in [0.15, 0.2) is 40.5 Å². The average molecular weight is 609 g/mol. The lowest BCUT2D eigenvalue weighted by Gasteiger charge is -2.25. The van der Waals surface area contributed by atoms with E-state index in [-0.39, 0.29) is 5.41 Å². The van der Waals surface area contributed by atoms with Crippen molar-refractivity contribution in [1.82, 2.24) is 19.9 Å². The van der Waals surface area contributed by atoms with E-state index >= 15 is 0 Å². The second-order valence-corrected chi connectivity index (χ2v) is 12.3. The topological polar surface area (TPSA) is 70.0 Å². The van der Waals surface area contributed by atoms with Crippen LogP contribution in [-0.2, 0) is 5.41 Å². The van der Waals surface area contributed by atoms with Crippen molar-refractivity contribution < 1.29 is 9.47 Å². The molecule has 1 aliphatic carbocycles. The molecule has 3 heterocycles. The Morgan fingerprint density at radius 2 is 1.17 bits per heavy atom. The Morgan fingerprint density at radius 3 is 1.98 bits per heavy atom. The summed E-state index contributed by atoms with van der Waals surface area (Å²) in [7, 11) is 0. The van der Waals surface area contributed by atoms with Gasteiger partial charge >= 0.3 is 0 Å². The van der Waals surface area contributed by atoms with Gasteiger partial charge in [0, 0.05) is 39.4 Å². The predicted molar refractivity (Wildman–Crippen MR) is 184 cm³/mol. The van der Waals surface area contributed by atoms with E-state index in [2.05, 4.69) is 55.2 Å². The lowest BCUT2D eigenvalue weighted by Crippen LogP contribution is -2.15. The van der Waals surface area contributed by atoms with Crippen molar-refractivity contribution in [3.8, 4) is 79.5 Å². The fraction of sp³-hybridized carbons (Fsp3) is 0.0732. The molecule has 0 amide bonds. The summed E-state index contributed by atoms with van der Waals surface area (Å²) >= 11 is 0. The van der Waals surface area contributed by atoms with Crippen LogP contribution < -0.4 is 9.47 Å². The van der Waals surface area contributed by atoms with Crippen molar-refractivity contribution in [3.05, 3.63) is 145 Å². The first-order chi connectivity index (χ1) is 23.0. The highest BCUT2D eigenvalue weighted by atomic mass is 16.6. The number of aromatic nitrogens is 4. The molecule has 0 saturated heterocycles. The standard InChI is InChI=1S/C41H28N4O2/c1-41(2)30-16-7-6-15-29(30)36-31(41)19-21-34-37(36)47-35-24-28(18-20-33(35)46-34)40-44-38(25-11-4-3-5-12-25)43-39(45-40)27-14-10-13-26(23-27)32-17-8-9-22-42-32/h3-24H,1-2H3. The second-order valence-electron chi connectivity index (χ2n) is 12.3. The Labute approximate surface area is 272 Å². The summed E-state index contributed by atoms with van der Waals surface area (Å²) in [6.45, 7) is 4.52. The summed E-state index contributed by atoms with van der Waals surface area (Å²) in [5.74, 6) is 4.41. The van der Waals surface area contributed by atoms with Crippen molar-refractivity contribution in [3.63, 3.8) is 0 Å². The molecule has 0 radical (unpaired) electrons. The van der Waals surface area contributed by atoms with E-state index in [4.69, 9.17) is 24.4 Å². The zero-order chi connectivity index (χ0) is 31.5. The van der Waals surface area contributed by atoms with Gasteiger partial charge in [-0.2, -0.15) is 0 Å². The highest BCUT2D eigenvalue weighted by molar-refractivity contribution is 5.88. The molecule has 0 saturated carbocycles. The molecule has 47 heavy (non-hydrogen) atoms. The van der Waals surface area contributed by atoms with E-state index in [1.165, 1.54) is 16.7 Å². The molecule has 2 aromatic heterocycles. The Hall–Kier alpha value is -6.14. The minimum Gasteiger partial charge on any atom is -0.449 e. The fourth-order valence-corrected chi connectivity index (χ4v) is 6.67. The first kappa shape index (κ1) is 27.2. The summed E-state index contributed by atoms with van der Waals surface area (Å²) in [4.78, 5) is 19.4.